The zero-order valence-electron chi connectivity index (χ0n) is 11.5. The standard InChI is InChI=1S/C13H16N6OS/c20-12(17-13-18-16-9-21-13)15-8-10-3-4-11(14-7-10)19-5-1-2-6-19/h3-4,7,9H,1-2,5-6,8H2,(H2,15,17,18,20). The number of hydrogen-bond donors (Lipinski definition) is 2. The Kier molecular flexibility index (Phi) is 4.25. The molecule has 0 unspecified atom stereocenters. The number of nitrogens with zero attached hydrogens (tertiary/aromatic N) is 4. The lowest BCUT2D eigenvalue weighted by Crippen LogP contribution is -2.28. The predicted molar refractivity (Wildman–Crippen MR) is 81.5 cm³/mol. The van der Waals surface area contributed by atoms with Crippen molar-refractivity contribution in [2.24, 2.45) is 0 Å². The summed E-state index contributed by atoms with van der Waals surface area (Å²) in [5.41, 5.74) is 2.53. The Morgan fingerprint density at radius 1 is 1.33 bits per heavy atom. The van der Waals surface area contributed by atoms with Crippen LogP contribution < -0.4 is 15.5 Å². The molecule has 1 aliphatic rings. The van der Waals surface area contributed by atoms with E-state index in [0.717, 1.165) is 24.5 Å². The Hall–Kier alpha value is -2.22. The highest BCUT2D eigenvalue weighted by Gasteiger charge is 2.13. The van der Waals surface area contributed by atoms with Gasteiger partial charge in [-0.05, 0) is 24.5 Å². The molecule has 7 nitrogen and oxygen atoms in total. The van der Waals surface area contributed by atoms with Gasteiger partial charge in [0.15, 0.2) is 0 Å². The first kappa shape index (κ1) is 13.7. The van der Waals surface area contributed by atoms with Crippen molar-refractivity contribution in [1.82, 2.24) is 20.5 Å². The normalized spacial score (nSPS) is 14.2. The van der Waals surface area contributed by atoms with Crippen LogP contribution >= 0.6 is 11.3 Å². The van der Waals surface area contributed by atoms with Gasteiger partial charge in [-0.1, -0.05) is 17.4 Å². The van der Waals surface area contributed by atoms with Crippen molar-refractivity contribution in [2.75, 3.05) is 23.3 Å². The molecule has 0 spiro atoms. The fourth-order valence-corrected chi connectivity index (χ4v) is 2.65. The van der Waals surface area contributed by atoms with Crippen molar-refractivity contribution >= 4 is 28.3 Å². The van der Waals surface area contributed by atoms with E-state index in [0.29, 0.717) is 11.7 Å². The minimum Gasteiger partial charge on any atom is -0.357 e. The Bertz CT molecular complexity index is 579. The fraction of sp³-hybridized carbons (Fsp3) is 0.385. The van der Waals surface area contributed by atoms with Gasteiger partial charge in [0, 0.05) is 25.8 Å². The van der Waals surface area contributed by atoms with Crippen LogP contribution in [-0.4, -0.2) is 34.3 Å². The van der Waals surface area contributed by atoms with Gasteiger partial charge in [0.25, 0.3) is 0 Å². The number of amides is 2. The monoisotopic (exact) mass is 304 g/mol. The second kappa shape index (κ2) is 6.49. The van der Waals surface area contributed by atoms with Crippen molar-refractivity contribution in [1.29, 1.82) is 0 Å². The number of nitrogens with one attached hydrogen (secondary N) is 2. The maximum Gasteiger partial charge on any atom is 0.321 e. The molecule has 8 heteroatoms. The number of carbonyl (C=O) groups is 1. The molecule has 2 aromatic rings. The molecule has 0 saturated carbocycles. The molecule has 0 atom stereocenters. The highest BCUT2D eigenvalue weighted by atomic mass is 32.1. The number of pyridine rings is 1. The quantitative estimate of drug-likeness (QED) is 0.901. The largest absolute Gasteiger partial charge is 0.357 e. The summed E-state index contributed by atoms with van der Waals surface area (Å²) in [4.78, 5) is 18.4. The molecule has 2 aromatic heterocycles. The smallest absolute Gasteiger partial charge is 0.321 e. The molecule has 1 fully saturated rings. The van der Waals surface area contributed by atoms with E-state index in [9.17, 15) is 4.79 Å². The molecular formula is C13H16N6OS. The van der Waals surface area contributed by atoms with Crippen molar-refractivity contribution in [3.05, 3.63) is 29.4 Å². The van der Waals surface area contributed by atoms with E-state index in [4.69, 9.17) is 0 Å². The third-order valence-corrected chi connectivity index (χ3v) is 3.88. The maximum absolute atomic E-state index is 11.6. The van der Waals surface area contributed by atoms with Crippen LogP contribution in [0.1, 0.15) is 18.4 Å². The Labute approximate surface area is 126 Å². The maximum atomic E-state index is 11.6. The summed E-state index contributed by atoms with van der Waals surface area (Å²) in [5, 5.41) is 13.3. The molecule has 0 bridgehead atoms. The van der Waals surface area contributed by atoms with E-state index in [1.807, 2.05) is 12.1 Å². The number of rotatable bonds is 4. The average molecular weight is 304 g/mol. The summed E-state index contributed by atoms with van der Waals surface area (Å²) in [5.74, 6) is 1.01. The fourth-order valence-electron chi connectivity index (χ4n) is 2.21. The highest BCUT2D eigenvalue weighted by molar-refractivity contribution is 7.13. The minimum atomic E-state index is -0.296. The minimum absolute atomic E-state index is 0.296. The SMILES string of the molecule is O=C(NCc1ccc(N2CCCC2)nc1)Nc1nncs1. The van der Waals surface area contributed by atoms with Gasteiger partial charge in [-0.2, -0.15) is 0 Å². The van der Waals surface area contributed by atoms with Crippen LogP contribution in [0.25, 0.3) is 0 Å². The molecular weight excluding hydrogens is 288 g/mol. The highest BCUT2D eigenvalue weighted by Crippen LogP contribution is 2.17. The molecule has 0 aromatic carbocycles. The third-order valence-electron chi connectivity index (χ3n) is 3.27. The molecule has 21 heavy (non-hydrogen) atoms. The zero-order chi connectivity index (χ0) is 14.5. The first-order chi connectivity index (χ1) is 10.3. The Balaban J connectivity index is 1.49. The van der Waals surface area contributed by atoms with Crippen LogP contribution in [0.4, 0.5) is 15.7 Å². The zero-order valence-corrected chi connectivity index (χ0v) is 12.3. The van der Waals surface area contributed by atoms with Crippen molar-refractivity contribution in [3.8, 4) is 0 Å². The molecule has 1 aliphatic heterocycles. The molecule has 3 rings (SSSR count). The predicted octanol–water partition coefficient (Wildman–Crippen LogP) is 1.85. The van der Waals surface area contributed by atoms with Crippen LogP contribution in [0.15, 0.2) is 23.8 Å². The summed E-state index contributed by atoms with van der Waals surface area (Å²) >= 11 is 1.28. The van der Waals surface area contributed by atoms with E-state index in [-0.39, 0.29) is 6.03 Å². The summed E-state index contributed by atoms with van der Waals surface area (Å²) < 4.78 is 0. The first-order valence-corrected chi connectivity index (χ1v) is 7.70. The van der Waals surface area contributed by atoms with Gasteiger partial charge in [0.05, 0.1) is 0 Å². The Morgan fingerprint density at radius 3 is 2.86 bits per heavy atom. The number of hydrogen-bond acceptors (Lipinski definition) is 6. The van der Waals surface area contributed by atoms with Gasteiger partial charge in [-0.15, -0.1) is 10.2 Å². The van der Waals surface area contributed by atoms with E-state index in [1.165, 1.54) is 24.2 Å². The van der Waals surface area contributed by atoms with Gasteiger partial charge in [-0.25, -0.2) is 9.78 Å². The summed E-state index contributed by atoms with van der Waals surface area (Å²) in [6.45, 7) is 2.58. The van der Waals surface area contributed by atoms with Crippen LogP contribution in [0.5, 0.6) is 0 Å². The number of carbonyl (C=O) groups excluding carboxylic acids is 1. The summed E-state index contributed by atoms with van der Waals surface area (Å²) in [6.07, 6.45) is 4.27. The summed E-state index contributed by atoms with van der Waals surface area (Å²) in [6, 6.07) is 3.70. The molecule has 2 amide bonds. The van der Waals surface area contributed by atoms with Crippen LogP contribution in [0.3, 0.4) is 0 Å². The van der Waals surface area contributed by atoms with Gasteiger partial charge >= 0.3 is 6.03 Å². The topological polar surface area (TPSA) is 83.0 Å². The van der Waals surface area contributed by atoms with Crippen LogP contribution in [0.2, 0.25) is 0 Å². The van der Waals surface area contributed by atoms with Gasteiger partial charge in [0.2, 0.25) is 5.13 Å². The molecule has 0 aliphatic carbocycles. The molecule has 110 valence electrons. The summed E-state index contributed by atoms with van der Waals surface area (Å²) in [7, 11) is 0. The lowest BCUT2D eigenvalue weighted by Gasteiger charge is -2.16. The molecule has 2 N–H and O–H groups in total. The van der Waals surface area contributed by atoms with Crippen molar-refractivity contribution < 1.29 is 4.79 Å². The lowest BCUT2D eigenvalue weighted by atomic mass is 10.3. The third kappa shape index (κ3) is 3.66. The second-order valence-corrected chi connectivity index (χ2v) is 5.60. The van der Waals surface area contributed by atoms with E-state index in [2.05, 4.69) is 30.7 Å². The number of anilines is 2. The van der Waals surface area contributed by atoms with Gasteiger partial charge in [-0.3, -0.25) is 5.32 Å². The molecule has 0 radical (unpaired) electrons. The molecule has 3 heterocycles. The van der Waals surface area contributed by atoms with Crippen LogP contribution in [-0.2, 0) is 6.54 Å². The average Bonchev–Trinajstić information content (AvgIpc) is 3.19. The number of aromatic nitrogens is 3. The van der Waals surface area contributed by atoms with Gasteiger partial charge in [0.1, 0.15) is 11.3 Å². The van der Waals surface area contributed by atoms with E-state index in [1.54, 1.807) is 11.7 Å². The first-order valence-electron chi connectivity index (χ1n) is 6.82. The van der Waals surface area contributed by atoms with Crippen molar-refractivity contribution in [3.63, 3.8) is 0 Å². The Morgan fingerprint density at radius 2 is 2.19 bits per heavy atom. The number of urea groups is 1. The van der Waals surface area contributed by atoms with Gasteiger partial charge < -0.3 is 10.2 Å². The second-order valence-electron chi connectivity index (χ2n) is 4.77. The van der Waals surface area contributed by atoms with E-state index < -0.39 is 0 Å². The molecule has 1 saturated heterocycles. The van der Waals surface area contributed by atoms with Crippen LogP contribution in [0, 0.1) is 0 Å². The van der Waals surface area contributed by atoms with E-state index >= 15 is 0 Å². The van der Waals surface area contributed by atoms with Crippen molar-refractivity contribution in [2.45, 2.75) is 19.4 Å². The lowest BCUT2D eigenvalue weighted by molar-refractivity contribution is 0.251.